The van der Waals surface area contributed by atoms with Crippen molar-refractivity contribution in [3.05, 3.63) is 97.2 Å². The highest BCUT2D eigenvalue weighted by Crippen LogP contribution is 2.39. The molecule has 0 N–H and O–H groups in total. The van der Waals surface area contributed by atoms with Crippen LogP contribution in [-0.4, -0.2) is 18.9 Å². The first-order valence-corrected chi connectivity index (χ1v) is 10.0. The lowest BCUT2D eigenvalue weighted by molar-refractivity contribution is 1.05. The van der Waals surface area contributed by atoms with Crippen LogP contribution in [0.4, 0.5) is 0 Å². The summed E-state index contributed by atoms with van der Waals surface area (Å²) < 4.78 is 4.56. The zero-order valence-corrected chi connectivity index (χ0v) is 16.0. The predicted octanol–water partition coefficient (Wildman–Crippen LogP) is 6.13. The van der Waals surface area contributed by atoms with E-state index >= 15 is 0 Å². The Balaban J connectivity index is 1.91. The topological polar surface area (TPSA) is 35.1 Å². The second-order valence-electron chi connectivity index (χ2n) is 7.54. The molecule has 0 unspecified atom stereocenters. The van der Waals surface area contributed by atoms with Crippen molar-refractivity contribution in [3.8, 4) is 5.82 Å². The van der Waals surface area contributed by atoms with Gasteiger partial charge in [-0.2, -0.15) is 0 Å². The Morgan fingerprint density at radius 3 is 2.13 bits per heavy atom. The largest absolute Gasteiger partial charge is 0.279 e. The van der Waals surface area contributed by atoms with Crippen molar-refractivity contribution >= 4 is 49.4 Å². The van der Waals surface area contributed by atoms with E-state index in [9.17, 15) is 0 Å². The summed E-state index contributed by atoms with van der Waals surface area (Å²) >= 11 is 0. The maximum atomic E-state index is 5.03. The van der Waals surface area contributed by atoms with Gasteiger partial charge in [-0.05, 0) is 35.7 Å². The quantitative estimate of drug-likeness (QED) is 0.341. The molecule has 0 spiro atoms. The van der Waals surface area contributed by atoms with Crippen molar-refractivity contribution in [1.82, 2.24) is 18.9 Å². The minimum absolute atomic E-state index is 0.901. The van der Waals surface area contributed by atoms with Crippen molar-refractivity contribution in [2.75, 3.05) is 0 Å². The maximum absolute atomic E-state index is 5.03. The molecule has 0 saturated heterocycles. The van der Waals surface area contributed by atoms with E-state index in [-0.39, 0.29) is 0 Å². The van der Waals surface area contributed by atoms with Gasteiger partial charge in [0.15, 0.2) is 0 Å². The summed E-state index contributed by atoms with van der Waals surface area (Å²) in [6.45, 7) is 0. The molecular formula is C26H16N4. The minimum atomic E-state index is 0.901. The highest BCUT2D eigenvalue weighted by Gasteiger charge is 2.21. The fraction of sp³-hybridized carbons (Fsp3) is 0. The second kappa shape index (κ2) is 5.67. The lowest BCUT2D eigenvalue weighted by atomic mass is 10.1. The summed E-state index contributed by atoms with van der Waals surface area (Å²) in [5.41, 5.74) is 5.30. The SMILES string of the molecule is c1ccc(-n2c3ccccc3c3c4ccccc4c4nc5ccccc5n4c32)nc1. The van der Waals surface area contributed by atoms with Gasteiger partial charge in [0.2, 0.25) is 0 Å². The summed E-state index contributed by atoms with van der Waals surface area (Å²) in [5, 5.41) is 4.81. The third-order valence-corrected chi connectivity index (χ3v) is 5.94. The fourth-order valence-electron chi connectivity index (χ4n) is 4.74. The summed E-state index contributed by atoms with van der Waals surface area (Å²) in [4.78, 5) is 9.73. The molecule has 3 aromatic carbocycles. The Kier molecular flexibility index (Phi) is 2.97. The van der Waals surface area contributed by atoms with Crippen LogP contribution in [-0.2, 0) is 0 Å². The molecule has 7 rings (SSSR count). The Hall–Kier alpha value is -4.18. The average molecular weight is 384 g/mol. The van der Waals surface area contributed by atoms with Crippen molar-refractivity contribution in [1.29, 1.82) is 0 Å². The molecule has 4 aromatic heterocycles. The van der Waals surface area contributed by atoms with E-state index in [4.69, 9.17) is 9.97 Å². The van der Waals surface area contributed by atoms with Crippen molar-refractivity contribution in [2.45, 2.75) is 0 Å². The Morgan fingerprint density at radius 2 is 1.30 bits per heavy atom. The molecule has 4 nitrogen and oxygen atoms in total. The van der Waals surface area contributed by atoms with E-state index in [1.165, 1.54) is 16.2 Å². The predicted molar refractivity (Wildman–Crippen MR) is 122 cm³/mol. The molecular weight excluding hydrogens is 368 g/mol. The van der Waals surface area contributed by atoms with Gasteiger partial charge in [-0.1, -0.05) is 60.7 Å². The number of hydrogen-bond donors (Lipinski definition) is 0. The lowest BCUT2D eigenvalue weighted by Gasteiger charge is -2.10. The zero-order chi connectivity index (χ0) is 19.7. The molecule has 0 radical (unpaired) electrons. The molecule has 0 aliphatic rings. The molecule has 0 fully saturated rings. The number of para-hydroxylation sites is 3. The summed E-state index contributed by atoms with van der Waals surface area (Å²) in [7, 11) is 0. The molecule has 0 amide bonds. The van der Waals surface area contributed by atoms with Crippen molar-refractivity contribution in [3.63, 3.8) is 0 Å². The van der Waals surface area contributed by atoms with Crippen LogP contribution in [0.3, 0.4) is 0 Å². The molecule has 0 aliphatic heterocycles. The number of aromatic nitrogens is 4. The van der Waals surface area contributed by atoms with E-state index in [2.05, 4.69) is 81.8 Å². The number of benzene rings is 3. The molecule has 0 bridgehead atoms. The van der Waals surface area contributed by atoms with E-state index in [1.54, 1.807) is 0 Å². The van der Waals surface area contributed by atoms with Gasteiger partial charge in [-0.25, -0.2) is 9.97 Å². The molecule has 0 saturated carbocycles. The normalized spacial score (nSPS) is 12.0. The molecule has 0 aliphatic carbocycles. The molecule has 0 atom stereocenters. The number of imidazole rings is 1. The van der Waals surface area contributed by atoms with Gasteiger partial charge >= 0.3 is 0 Å². The molecule has 140 valence electrons. The fourth-order valence-corrected chi connectivity index (χ4v) is 4.74. The number of fused-ring (bicyclic) bond motifs is 10. The van der Waals surface area contributed by atoms with Crippen LogP contribution in [0, 0.1) is 0 Å². The molecule has 30 heavy (non-hydrogen) atoms. The number of rotatable bonds is 1. The monoisotopic (exact) mass is 384 g/mol. The van der Waals surface area contributed by atoms with Gasteiger partial charge < -0.3 is 0 Å². The third kappa shape index (κ3) is 1.90. The van der Waals surface area contributed by atoms with Crippen LogP contribution in [0.1, 0.15) is 0 Å². The van der Waals surface area contributed by atoms with Crippen LogP contribution in [0.25, 0.3) is 55.2 Å². The molecule has 4 heteroatoms. The molecule has 7 aromatic rings. The highest BCUT2D eigenvalue weighted by atomic mass is 15.2. The van der Waals surface area contributed by atoms with Gasteiger partial charge in [0.05, 0.1) is 16.6 Å². The third-order valence-electron chi connectivity index (χ3n) is 5.94. The summed E-state index contributed by atoms with van der Waals surface area (Å²) in [5.74, 6) is 0.901. The first-order chi connectivity index (χ1) is 14.9. The first kappa shape index (κ1) is 15.7. The Labute approximate surface area is 171 Å². The maximum Gasteiger partial charge on any atom is 0.147 e. The highest BCUT2D eigenvalue weighted by molar-refractivity contribution is 6.23. The van der Waals surface area contributed by atoms with Crippen LogP contribution >= 0.6 is 0 Å². The number of pyridine rings is 2. The van der Waals surface area contributed by atoms with Crippen molar-refractivity contribution in [2.24, 2.45) is 0 Å². The standard InChI is InChI=1S/C26H16N4/c1-2-10-18-17(9-1)24-19-11-3-5-13-21(19)29(23-15-7-8-16-27-23)26(24)30-22-14-6-4-12-20(22)28-25(18)30/h1-16H. The lowest BCUT2D eigenvalue weighted by Crippen LogP contribution is -2.01. The van der Waals surface area contributed by atoms with Gasteiger partial charge in [0.25, 0.3) is 0 Å². The van der Waals surface area contributed by atoms with Gasteiger partial charge in [0, 0.05) is 22.4 Å². The van der Waals surface area contributed by atoms with Gasteiger partial charge in [-0.15, -0.1) is 0 Å². The van der Waals surface area contributed by atoms with E-state index in [0.29, 0.717) is 0 Å². The number of hydrogen-bond acceptors (Lipinski definition) is 2. The average Bonchev–Trinajstić information content (AvgIpc) is 3.36. The number of nitrogens with zero attached hydrogens (tertiary/aromatic N) is 4. The molecule has 4 heterocycles. The van der Waals surface area contributed by atoms with Crippen molar-refractivity contribution < 1.29 is 0 Å². The van der Waals surface area contributed by atoms with Crippen LogP contribution < -0.4 is 0 Å². The van der Waals surface area contributed by atoms with Gasteiger partial charge in [-0.3, -0.25) is 8.97 Å². The van der Waals surface area contributed by atoms with Gasteiger partial charge in [0.1, 0.15) is 17.1 Å². The second-order valence-corrected chi connectivity index (χ2v) is 7.54. The minimum Gasteiger partial charge on any atom is -0.279 e. The first-order valence-electron chi connectivity index (χ1n) is 10.0. The zero-order valence-electron chi connectivity index (χ0n) is 16.0. The summed E-state index contributed by atoms with van der Waals surface area (Å²) in [6.07, 6.45) is 1.85. The van der Waals surface area contributed by atoms with Crippen LogP contribution in [0.2, 0.25) is 0 Å². The Bertz CT molecular complexity index is 1740. The van der Waals surface area contributed by atoms with E-state index in [1.807, 2.05) is 24.4 Å². The van der Waals surface area contributed by atoms with E-state index < -0.39 is 0 Å². The van der Waals surface area contributed by atoms with Crippen LogP contribution in [0.15, 0.2) is 97.2 Å². The summed E-state index contributed by atoms with van der Waals surface area (Å²) in [6, 6.07) is 31.5. The van der Waals surface area contributed by atoms with E-state index in [0.717, 1.165) is 39.0 Å². The smallest absolute Gasteiger partial charge is 0.147 e. The van der Waals surface area contributed by atoms with Crippen LogP contribution in [0.5, 0.6) is 0 Å². The Morgan fingerprint density at radius 1 is 0.600 bits per heavy atom.